The minimum Gasteiger partial charge on any atom is -0.482 e. The van der Waals surface area contributed by atoms with Crippen LogP contribution in [0.3, 0.4) is 0 Å². The molecule has 0 aromatic heterocycles. The minimum absolute atomic E-state index is 0.311. The van der Waals surface area contributed by atoms with Crippen molar-refractivity contribution < 1.29 is 19.1 Å². The standard InChI is InChI=1S/C18H14Cl2N2O4/c1-11(18(24)22-16-8-13(19)4-7-15(16)20)26-17(23)10-25-14-5-2-12(9-21)3-6-14/h2-8,11H,10H2,1H3,(H,22,24)/t11-/m0/s1. The summed E-state index contributed by atoms with van der Waals surface area (Å²) in [5, 5.41) is 12.0. The number of nitriles is 1. The molecule has 0 spiro atoms. The van der Waals surface area contributed by atoms with Crippen molar-refractivity contribution in [1.29, 1.82) is 5.26 Å². The lowest BCUT2D eigenvalue weighted by Gasteiger charge is -2.14. The molecule has 0 radical (unpaired) electrons. The van der Waals surface area contributed by atoms with E-state index in [9.17, 15) is 9.59 Å². The maximum atomic E-state index is 12.1. The van der Waals surface area contributed by atoms with Gasteiger partial charge in [-0.2, -0.15) is 5.26 Å². The third-order valence-electron chi connectivity index (χ3n) is 3.20. The normalized spacial score (nSPS) is 11.2. The number of carbonyl (C=O) groups is 2. The third-order valence-corrected chi connectivity index (χ3v) is 3.77. The van der Waals surface area contributed by atoms with Crippen LogP contribution in [0.2, 0.25) is 10.0 Å². The van der Waals surface area contributed by atoms with Crippen LogP contribution in [-0.4, -0.2) is 24.6 Å². The van der Waals surface area contributed by atoms with Crippen LogP contribution < -0.4 is 10.1 Å². The molecule has 0 unspecified atom stereocenters. The van der Waals surface area contributed by atoms with E-state index in [-0.39, 0.29) is 6.61 Å². The van der Waals surface area contributed by atoms with Gasteiger partial charge in [-0.3, -0.25) is 4.79 Å². The van der Waals surface area contributed by atoms with Crippen molar-refractivity contribution in [3.8, 4) is 11.8 Å². The number of amides is 1. The van der Waals surface area contributed by atoms with Gasteiger partial charge in [0.1, 0.15) is 5.75 Å². The molecule has 6 nitrogen and oxygen atoms in total. The Kier molecular flexibility index (Phi) is 6.84. The molecule has 8 heteroatoms. The molecule has 2 aromatic rings. The van der Waals surface area contributed by atoms with Crippen molar-refractivity contribution in [2.45, 2.75) is 13.0 Å². The molecule has 1 N–H and O–H groups in total. The minimum atomic E-state index is -1.05. The number of halogens is 2. The number of rotatable bonds is 6. The summed E-state index contributed by atoms with van der Waals surface area (Å²) in [7, 11) is 0. The fourth-order valence-electron chi connectivity index (χ4n) is 1.88. The quantitative estimate of drug-likeness (QED) is 0.754. The second-order valence-electron chi connectivity index (χ2n) is 5.17. The molecule has 0 fully saturated rings. The van der Waals surface area contributed by atoms with E-state index >= 15 is 0 Å². The first-order chi connectivity index (χ1) is 12.4. The zero-order valence-corrected chi connectivity index (χ0v) is 15.2. The first-order valence-electron chi connectivity index (χ1n) is 7.47. The number of anilines is 1. The number of hydrogen-bond acceptors (Lipinski definition) is 5. The highest BCUT2D eigenvalue weighted by atomic mass is 35.5. The second-order valence-corrected chi connectivity index (χ2v) is 6.01. The molecule has 0 saturated carbocycles. The Hall–Kier alpha value is -2.75. The highest BCUT2D eigenvalue weighted by molar-refractivity contribution is 6.35. The molecule has 134 valence electrons. The first kappa shape index (κ1) is 19.6. The zero-order chi connectivity index (χ0) is 19.1. The van der Waals surface area contributed by atoms with Crippen LogP contribution in [0.1, 0.15) is 12.5 Å². The van der Waals surface area contributed by atoms with Crippen LogP contribution in [0.15, 0.2) is 42.5 Å². The Labute approximate surface area is 160 Å². The number of nitrogens with zero attached hydrogens (tertiary/aromatic N) is 1. The van der Waals surface area contributed by atoms with Crippen molar-refractivity contribution >= 4 is 40.8 Å². The van der Waals surface area contributed by atoms with Gasteiger partial charge in [-0.15, -0.1) is 0 Å². The molecular formula is C18H14Cl2N2O4. The molecular weight excluding hydrogens is 379 g/mol. The van der Waals surface area contributed by atoms with Crippen molar-refractivity contribution in [2.24, 2.45) is 0 Å². The predicted octanol–water partition coefficient (Wildman–Crippen LogP) is 3.81. The fraction of sp³-hybridized carbons (Fsp3) is 0.167. The van der Waals surface area contributed by atoms with Crippen molar-refractivity contribution in [3.05, 3.63) is 58.1 Å². The van der Waals surface area contributed by atoms with Gasteiger partial charge in [0.15, 0.2) is 12.7 Å². The van der Waals surface area contributed by atoms with E-state index in [4.69, 9.17) is 37.9 Å². The molecule has 0 aliphatic rings. The lowest BCUT2D eigenvalue weighted by Crippen LogP contribution is -2.31. The van der Waals surface area contributed by atoms with Crippen LogP contribution in [0.25, 0.3) is 0 Å². The largest absolute Gasteiger partial charge is 0.482 e. The van der Waals surface area contributed by atoms with Crippen LogP contribution in [-0.2, 0) is 14.3 Å². The van der Waals surface area contributed by atoms with E-state index in [0.29, 0.717) is 27.0 Å². The number of benzene rings is 2. The van der Waals surface area contributed by atoms with Gasteiger partial charge in [-0.1, -0.05) is 23.2 Å². The summed E-state index contributed by atoms with van der Waals surface area (Å²) >= 11 is 11.8. The Morgan fingerprint density at radius 2 is 1.88 bits per heavy atom. The lowest BCUT2D eigenvalue weighted by molar-refractivity contribution is -0.155. The zero-order valence-electron chi connectivity index (χ0n) is 13.7. The molecule has 2 rings (SSSR count). The van der Waals surface area contributed by atoms with E-state index < -0.39 is 18.0 Å². The molecule has 1 atom stereocenters. The van der Waals surface area contributed by atoms with Gasteiger partial charge in [0.25, 0.3) is 5.91 Å². The van der Waals surface area contributed by atoms with E-state index in [1.807, 2.05) is 6.07 Å². The highest BCUT2D eigenvalue weighted by Crippen LogP contribution is 2.25. The Bertz CT molecular complexity index is 847. The maximum absolute atomic E-state index is 12.1. The van der Waals surface area contributed by atoms with E-state index in [0.717, 1.165) is 0 Å². The summed E-state index contributed by atoms with van der Waals surface area (Å²) in [5.41, 5.74) is 0.797. The molecule has 0 aliphatic carbocycles. The molecule has 0 saturated heterocycles. The third kappa shape index (κ3) is 5.66. The second kappa shape index (κ2) is 9.09. The maximum Gasteiger partial charge on any atom is 0.344 e. The van der Waals surface area contributed by atoms with Crippen LogP contribution in [0.5, 0.6) is 5.75 Å². The van der Waals surface area contributed by atoms with E-state index in [2.05, 4.69) is 5.32 Å². The van der Waals surface area contributed by atoms with Gasteiger partial charge in [-0.25, -0.2) is 4.79 Å². The van der Waals surface area contributed by atoms with Gasteiger partial charge >= 0.3 is 5.97 Å². The lowest BCUT2D eigenvalue weighted by atomic mass is 10.2. The van der Waals surface area contributed by atoms with E-state index in [1.54, 1.807) is 36.4 Å². The van der Waals surface area contributed by atoms with Gasteiger partial charge in [0.05, 0.1) is 22.3 Å². The monoisotopic (exact) mass is 392 g/mol. The molecule has 0 heterocycles. The SMILES string of the molecule is C[C@H](OC(=O)COc1ccc(C#N)cc1)C(=O)Nc1cc(Cl)ccc1Cl. The van der Waals surface area contributed by atoms with Crippen molar-refractivity contribution in [2.75, 3.05) is 11.9 Å². The molecule has 0 aliphatic heterocycles. The highest BCUT2D eigenvalue weighted by Gasteiger charge is 2.19. The van der Waals surface area contributed by atoms with Crippen LogP contribution >= 0.6 is 23.2 Å². The number of ether oxygens (including phenoxy) is 2. The Balaban J connectivity index is 1.84. The summed E-state index contributed by atoms with van der Waals surface area (Å²) in [4.78, 5) is 23.9. The number of hydrogen-bond donors (Lipinski definition) is 1. The Morgan fingerprint density at radius 3 is 2.54 bits per heavy atom. The topological polar surface area (TPSA) is 88.4 Å². The molecule has 1 amide bonds. The smallest absolute Gasteiger partial charge is 0.344 e. The summed E-state index contributed by atoms with van der Waals surface area (Å²) in [6.07, 6.45) is -1.05. The van der Waals surface area contributed by atoms with Crippen molar-refractivity contribution in [3.63, 3.8) is 0 Å². The van der Waals surface area contributed by atoms with Gasteiger partial charge in [0, 0.05) is 5.02 Å². The summed E-state index contributed by atoms with van der Waals surface area (Å²) in [5.74, 6) is -0.862. The Morgan fingerprint density at radius 1 is 1.19 bits per heavy atom. The average molecular weight is 393 g/mol. The number of nitrogens with one attached hydrogen (secondary N) is 1. The van der Waals surface area contributed by atoms with Crippen molar-refractivity contribution in [1.82, 2.24) is 0 Å². The predicted molar refractivity (Wildman–Crippen MR) is 97.3 cm³/mol. The fourth-order valence-corrected chi connectivity index (χ4v) is 2.22. The van der Waals surface area contributed by atoms with Gasteiger partial charge in [0.2, 0.25) is 0 Å². The summed E-state index contributed by atoms with van der Waals surface area (Å²) < 4.78 is 10.3. The summed E-state index contributed by atoms with van der Waals surface area (Å²) in [6, 6.07) is 12.8. The van der Waals surface area contributed by atoms with E-state index in [1.165, 1.54) is 13.0 Å². The molecule has 26 heavy (non-hydrogen) atoms. The first-order valence-corrected chi connectivity index (χ1v) is 8.23. The van der Waals surface area contributed by atoms with Gasteiger partial charge < -0.3 is 14.8 Å². The number of carbonyl (C=O) groups excluding carboxylic acids is 2. The van der Waals surface area contributed by atoms with Gasteiger partial charge in [-0.05, 0) is 49.4 Å². The average Bonchev–Trinajstić information content (AvgIpc) is 2.63. The van der Waals surface area contributed by atoms with Crippen LogP contribution in [0, 0.1) is 11.3 Å². The number of esters is 1. The molecule has 0 bridgehead atoms. The van der Waals surface area contributed by atoms with Crippen LogP contribution in [0.4, 0.5) is 5.69 Å². The molecule has 2 aromatic carbocycles. The summed E-state index contributed by atoms with van der Waals surface area (Å²) in [6.45, 7) is 1.05.